The predicted octanol–water partition coefficient (Wildman–Crippen LogP) is 3.82. The van der Waals surface area contributed by atoms with Crippen molar-refractivity contribution in [3.8, 4) is 11.5 Å². The van der Waals surface area contributed by atoms with Crippen LogP contribution in [0.25, 0.3) is 10.9 Å². The highest BCUT2D eigenvalue weighted by atomic mass is 16.5. The van der Waals surface area contributed by atoms with Gasteiger partial charge in [0.25, 0.3) is 0 Å². The quantitative estimate of drug-likeness (QED) is 0.556. The van der Waals surface area contributed by atoms with Crippen LogP contribution >= 0.6 is 0 Å². The fourth-order valence-corrected chi connectivity index (χ4v) is 2.85. The Morgan fingerprint density at radius 3 is 2.75 bits per heavy atom. The molecule has 0 saturated carbocycles. The molecule has 28 heavy (non-hydrogen) atoms. The number of aromatic nitrogens is 4. The van der Waals surface area contributed by atoms with Crippen molar-refractivity contribution in [2.24, 2.45) is 0 Å². The molecule has 0 atom stereocenters. The molecule has 0 radical (unpaired) electrons. The molecule has 0 bridgehead atoms. The number of benzene rings is 1. The van der Waals surface area contributed by atoms with E-state index in [4.69, 9.17) is 4.74 Å². The predicted molar refractivity (Wildman–Crippen MR) is 106 cm³/mol. The second kappa shape index (κ2) is 7.87. The second-order valence-corrected chi connectivity index (χ2v) is 6.26. The Hall–Kier alpha value is -3.74. The zero-order valence-electron chi connectivity index (χ0n) is 15.4. The lowest BCUT2D eigenvalue weighted by atomic mass is 10.1. The monoisotopic (exact) mass is 373 g/mol. The van der Waals surface area contributed by atoms with Crippen molar-refractivity contribution in [2.75, 3.05) is 5.32 Å². The summed E-state index contributed by atoms with van der Waals surface area (Å²) in [7, 11) is 0. The number of hydrogen-bond donors (Lipinski definition) is 1. The Balaban J connectivity index is 1.41. The van der Waals surface area contributed by atoms with E-state index in [1.54, 1.807) is 29.5 Å². The number of nitrogens with zero attached hydrogens (tertiary/aromatic N) is 4. The number of anilines is 1. The number of ether oxygens (including phenoxy) is 1. The zero-order valence-corrected chi connectivity index (χ0v) is 15.4. The number of carbonyl (C=O) groups is 1. The van der Waals surface area contributed by atoms with Gasteiger partial charge >= 0.3 is 0 Å². The van der Waals surface area contributed by atoms with Crippen LogP contribution in [0.5, 0.6) is 11.5 Å². The summed E-state index contributed by atoms with van der Waals surface area (Å²) in [6.45, 7) is 2.76. The van der Waals surface area contributed by atoms with Gasteiger partial charge in [0.2, 0.25) is 5.91 Å². The standard InChI is InChI=1S/C21H19N5O2/c1-2-26-14-16(12-24-26)25-21(27)11-15-3-5-17(6-4-15)28-20-8-10-23-19-7-9-22-13-18(19)20/h3-10,12-14H,2,11H2,1H3,(H,25,27). The first-order valence-electron chi connectivity index (χ1n) is 8.99. The van der Waals surface area contributed by atoms with Gasteiger partial charge in [-0.15, -0.1) is 0 Å². The van der Waals surface area contributed by atoms with Crippen LogP contribution in [-0.4, -0.2) is 25.7 Å². The fourth-order valence-electron chi connectivity index (χ4n) is 2.85. The Bertz CT molecular complexity index is 1100. The number of carbonyl (C=O) groups excluding carboxylic acids is 1. The molecule has 0 aliphatic rings. The van der Waals surface area contributed by atoms with Crippen LogP contribution in [0.3, 0.4) is 0 Å². The molecule has 4 aromatic rings. The van der Waals surface area contributed by atoms with Crippen LogP contribution in [-0.2, 0) is 17.8 Å². The molecule has 1 N–H and O–H groups in total. The van der Waals surface area contributed by atoms with Crippen molar-refractivity contribution in [3.63, 3.8) is 0 Å². The number of nitrogens with one attached hydrogen (secondary N) is 1. The van der Waals surface area contributed by atoms with Crippen molar-refractivity contribution in [3.05, 3.63) is 72.9 Å². The largest absolute Gasteiger partial charge is 0.457 e. The van der Waals surface area contributed by atoms with Crippen molar-refractivity contribution < 1.29 is 9.53 Å². The van der Waals surface area contributed by atoms with E-state index in [1.807, 2.05) is 49.5 Å². The van der Waals surface area contributed by atoms with E-state index >= 15 is 0 Å². The first kappa shape index (κ1) is 17.7. The molecule has 0 aliphatic carbocycles. The molecule has 140 valence electrons. The van der Waals surface area contributed by atoms with Crippen molar-refractivity contribution in [1.82, 2.24) is 19.7 Å². The molecule has 0 fully saturated rings. The number of amides is 1. The molecule has 7 heteroatoms. The third-order valence-electron chi connectivity index (χ3n) is 4.26. The minimum Gasteiger partial charge on any atom is -0.457 e. The van der Waals surface area contributed by atoms with Gasteiger partial charge in [0.15, 0.2) is 0 Å². The van der Waals surface area contributed by atoms with Gasteiger partial charge in [0.1, 0.15) is 11.5 Å². The van der Waals surface area contributed by atoms with Gasteiger partial charge in [0, 0.05) is 31.3 Å². The highest BCUT2D eigenvalue weighted by molar-refractivity contribution is 5.92. The maximum atomic E-state index is 12.2. The molecule has 4 rings (SSSR count). The van der Waals surface area contributed by atoms with Gasteiger partial charge in [0.05, 0.1) is 29.2 Å². The lowest BCUT2D eigenvalue weighted by molar-refractivity contribution is -0.115. The maximum absolute atomic E-state index is 12.2. The fraction of sp³-hybridized carbons (Fsp3) is 0.143. The van der Waals surface area contributed by atoms with Crippen LogP contribution in [0.4, 0.5) is 5.69 Å². The molecular formula is C21H19N5O2. The SMILES string of the molecule is CCn1cc(NC(=O)Cc2ccc(Oc3ccnc4ccncc34)cc2)cn1. The van der Waals surface area contributed by atoms with Crippen LogP contribution < -0.4 is 10.1 Å². The number of fused-ring (bicyclic) bond motifs is 1. The summed E-state index contributed by atoms with van der Waals surface area (Å²) in [5, 5.41) is 7.84. The van der Waals surface area contributed by atoms with E-state index in [0.717, 1.165) is 23.0 Å². The molecule has 1 amide bonds. The average Bonchev–Trinajstić information content (AvgIpc) is 3.17. The third kappa shape index (κ3) is 3.98. The summed E-state index contributed by atoms with van der Waals surface area (Å²) < 4.78 is 7.73. The van der Waals surface area contributed by atoms with Crippen LogP contribution in [0.15, 0.2) is 67.4 Å². The first-order chi connectivity index (χ1) is 13.7. The van der Waals surface area contributed by atoms with E-state index < -0.39 is 0 Å². The van der Waals surface area contributed by atoms with Crippen LogP contribution in [0.2, 0.25) is 0 Å². The van der Waals surface area contributed by atoms with Gasteiger partial charge in [-0.2, -0.15) is 5.10 Å². The molecule has 7 nitrogen and oxygen atoms in total. The third-order valence-corrected chi connectivity index (χ3v) is 4.26. The van der Waals surface area contributed by atoms with E-state index in [1.165, 1.54) is 0 Å². The molecule has 1 aromatic carbocycles. The Morgan fingerprint density at radius 2 is 1.96 bits per heavy atom. The molecule has 0 saturated heterocycles. The van der Waals surface area contributed by atoms with Crippen molar-refractivity contribution >= 4 is 22.5 Å². The second-order valence-electron chi connectivity index (χ2n) is 6.26. The summed E-state index contributed by atoms with van der Waals surface area (Å²) >= 11 is 0. The smallest absolute Gasteiger partial charge is 0.228 e. The van der Waals surface area contributed by atoms with Gasteiger partial charge < -0.3 is 10.1 Å². The van der Waals surface area contributed by atoms with Gasteiger partial charge in [-0.25, -0.2) is 0 Å². The van der Waals surface area contributed by atoms with Gasteiger partial charge in [-0.05, 0) is 36.8 Å². The molecule has 0 spiro atoms. The summed E-state index contributed by atoms with van der Waals surface area (Å²) in [5.41, 5.74) is 2.42. The van der Waals surface area contributed by atoms with Crippen molar-refractivity contribution in [1.29, 1.82) is 0 Å². The summed E-state index contributed by atoms with van der Waals surface area (Å²) in [6, 6.07) is 11.1. The zero-order chi connectivity index (χ0) is 19.3. The molecule has 0 aliphatic heterocycles. The van der Waals surface area contributed by atoms with E-state index in [2.05, 4.69) is 20.4 Å². The minimum atomic E-state index is -0.0875. The highest BCUT2D eigenvalue weighted by Crippen LogP contribution is 2.28. The number of rotatable bonds is 6. The molecular weight excluding hydrogens is 354 g/mol. The van der Waals surface area contributed by atoms with Gasteiger partial charge in [-0.1, -0.05) is 12.1 Å². The first-order valence-corrected chi connectivity index (χ1v) is 8.99. The Morgan fingerprint density at radius 1 is 1.11 bits per heavy atom. The minimum absolute atomic E-state index is 0.0875. The van der Waals surface area contributed by atoms with E-state index in [9.17, 15) is 4.79 Å². The topological polar surface area (TPSA) is 81.9 Å². The number of hydrogen-bond acceptors (Lipinski definition) is 5. The number of pyridine rings is 2. The lowest BCUT2D eigenvalue weighted by Crippen LogP contribution is -2.13. The summed E-state index contributed by atoms with van der Waals surface area (Å²) in [6.07, 6.45) is 8.87. The van der Waals surface area contributed by atoms with Crippen LogP contribution in [0.1, 0.15) is 12.5 Å². The normalized spacial score (nSPS) is 10.8. The maximum Gasteiger partial charge on any atom is 0.228 e. The number of aryl methyl sites for hydroxylation is 1. The molecule has 0 unspecified atom stereocenters. The average molecular weight is 373 g/mol. The Kier molecular flexibility index (Phi) is 4.97. The summed E-state index contributed by atoms with van der Waals surface area (Å²) in [5.74, 6) is 1.29. The van der Waals surface area contributed by atoms with E-state index in [-0.39, 0.29) is 12.3 Å². The van der Waals surface area contributed by atoms with E-state index in [0.29, 0.717) is 17.2 Å². The highest BCUT2D eigenvalue weighted by Gasteiger charge is 2.08. The van der Waals surface area contributed by atoms with Gasteiger partial charge in [-0.3, -0.25) is 19.4 Å². The summed E-state index contributed by atoms with van der Waals surface area (Å²) in [4.78, 5) is 20.6. The molecule has 3 heterocycles. The van der Waals surface area contributed by atoms with Crippen LogP contribution in [0, 0.1) is 0 Å². The Labute approximate surface area is 162 Å². The van der Waals surface area contributed by atoms with Crippen molar-refractivity contribution in [2.45, 2.75) is 19.9 Å². The molecule has 3 aromatic heterocycles. The lowest BCUT2D eigenvalue weighted by Gasteiger charge is -2.09.